The number of nitrogens with zero attached hydrogens (tertiary/aromatic N) is 1. The first-order valence-corrected chi connectivity index (χ1v) is 14.4. The molecular formula is C24H52NO4P. The van der Waals surface area contributed by atoms with Crippen LogP contribution in [0.1, 0.15) is 129 Å². The lowest BCUT2D eigenvalue weighted by Crippen LogP contribution is -2.27. The third-order valence-electron chi connectivity index (χ3n) is 5.78. The molecule has 0 unspecified atom stereocenters. The summed E-state index contributed by atoms with van der Waals surface area (Å²) in [5, 5.41) is 0. The first kappa shape index (κ1) is 30.1. The van der Waals surface area contributed by atoms with E-state index in [-0.39, 0.29) is 6.61 Å². The quantitative estimate of drug-likeness (QED) is 0.118. The summed E-state index contributed by atoms with van der Waals surface area (Å²) < 4.78 is 15.3. The molecule has 5 nitrogen and oxygen atoms in total. The molecule has 30 heavy (non-hydrogen) atoms. The van der Waals surface area contributed by atoms with Gasteiger partial charge < -0.3 is 14.7 Å². The van der Waals surface area contributed by atoms with E-state index in [0.717, 1.165) is 26.1 Å². The van der Waals surface area contributed by atoms with Crippen LogP contribution < -0.4 is 0 Å². The molecule has 0 aromatic heterocycles. The fourth-order valence-electron chi connectivity index (χ4n) is 3.89. The van der Waals surface area contributed by atoms with E-state index >= 15 is 0 Å². The predicted molar refractivity (Wildman–Crippen MR) is 129 cm³/mol. The molecule has 0 aliphatic rings. The van der Waals surface area contributed by atoms with E-state index in [1.54, 1.807) is 0 Å². The smallest absolute Gasteiger partial charge is 0.303 e. The summed E-state index contributed by atoms with van der Waals surface area (Å²) in [7, 11) is -4.31. The van der Waals surface area contributed by atoms with Crippen molar-refractivity contribution in [1.29, 1.82) is 0 Å². The summed E-state index contributed by atoms with van der Waals surface area (Å²) in [5.74, 6) is 0. The van der Waals surface area contributed by atoms with Crippen LogP contribution in [0.15, 0.2) is 0 Å². The van der Waals surface area contributed by atoms with Crippen LogP contribution in [0.2, 0.25) is 0 Å². The van der Waals surface area contributed by atoms with E-state index in [2.05, 4.69) is 23.3 Å². The van der Waals surface area contributed by atoms with Crippen molar-refractivity contribution in [3.8, 4) is 0 Å². The topological polar surface area (TPSA) is 70.0 Å². The van der Waals surface area contributed by atoms with Crippen molar-refractivity contribution in [3.05, 3.63) is 0 Å². The first-order chi connectivity index (χ1) is 14.5. The second kappa shape index (κ2) is 22.3. The van der Waals surface area contributed by atoms with Crippen molar-refractivity contribution in [3.63, 3.8) is 0 Å². The van der Waals surface area contributed by atoms with Gasteiger partial charge in [0, 0.05) is 0 Å². The number of hydrogen-bond donors (Lipinski definition) is 2. The zero-order valence-corrected chi connectivity index (χ0v) is 21.1. The van der Waals surface area contributed by atoms with Crippen LogP contribution in [0.3, 0.4) is 0 Å². The highest BCUT2D eigenvalue weighted by Gasteiger charge is 2.13. The largest absolute Gasteiger partial charge is 0.469 e. The van der Waals surface area contributed by atoms with Gasteiger partial charge in [-0.3, -0.25) is 4.52 Å². The molecule has 182 valence electrons. The van der Waals surface area contributed by atoms with Crippen molar-refractivity contribution in [2.24, 2.45) is 0 Å². The van der Waals surface area contributed by atoms with Crippen molar-refractivity contribution < 1.29 is 18.9 Å². The fraction of sp³-hybridized carbons (Fsp3) is 1.00. The van der Waals surface area contributed by atoms with Crippen LogP contribution in [0.4, 0.5) is 0 Å². The van der Waals surface area contributed by atoms with E-state index in [1.165, 1.54) is 103 Å². The predicted octanol–water partition coefficient (Wildman–Crippen LogP) is 7.46. The van der Waals surface area contributed by atoms with E-state index in [9.17, 15) is 4.57 Å². The van der Waals surface area contributed by atoms with Gasteiger partial charge in [-0.1, -0.05) is 104 Å². The second-order valence-corrected chi connectivity index (χ2v) is 10.1. The van der Waals surface area contributed by atoms with Gasteiger partial charge >= 0.3 is 7.82 Å². The summed E-state index contributed by atoms with van der Waals surface area (Å²) in [6, 6.07) is 0. The molecule has 0 atom stereocenters. The first-order valence-electron chi connectivity index (χ1n) is 12.9. The molecule has 0 fully saturated rings. The van der Waals surface area contributed by atoms with Crippen LogP contribution in [0.5, 0.6) is 0 Å². The van der Waals surface area contributed by atoms with Crippen molar-refractivity contribution in [2.75, 3.05) is 26.2 Å². The number of hydrogen-bond acceptors (Lipinski definition) is 3. The molecule has 0 saturated heterocycles. The molecule has 0 aliphatic heterocycles. The summed E-state index contributed by atoms with van der Waals surface area (Å²) >= 11 is 0. The van der Waals surface area contributed by atoms with Gasteiger partial charge in [-0.15, -0.1) is 0 Å². The Hall–Kier alpha value is 0.0700. The minimum atomic E-state index is -4.31. The van der Waals surface area contributed by atoms with Gasteiger partial charge in [0.2, 0.25) is 0 Å². The molecule has 0 rings (SSSR count). The average Bonchev–Trinajstić information content (AvgIpc) is 2.70. The molecule has 0 aliphatic carbocycles. The lowest BCUT2D eigenvalue weighted by molar-refractivity contribution is 0.187. The zero-order chi connectivity index (χ0) is 22.3. The summed E-state index contributed by atoms with van der Waals surface area (Å²) in [5.41, 5.74) is 0. The molecule has 0 aromatic carbocycles. The van der Waals surface area contributed by atoms with Gasteiger partial charge in [-0.2, -0.15) is 0 Å². The molecule has 0 aromatic rings. The van der Waals surface area contributed by atoms with E-state index in [0.29, 0.717) is 6.42 Å². The minimum absolute atomic E-state index is 0.146. The van der Waals surface area contributed by atoms with Crippen molar-refractivity contribution in [2.45, 2.75) is 129 Å². The summed E-state index contributed by atoms with van der Waals surface area (Å²) in [6.07, 6.45) is 23.2. The van der Waals surface area contributed by atoms with E-state index in [4.69, 9.17) is 9.79 Å². The molecule has 0 spiro atoms. The number of phosphoric ester groups is 1. The monoisotopic (exact) mass is 449 g/mol. The zero-order valence-electron chi connectivity index (χ0n) is 20.2. The Morgan fingerprint density at radius 2 is 0.900 bits per heavy atom. The molecule has 2 N–H and O–H groups in total. The molecule has 0 heterocycles. The van der Waals surface area contributed by atoms with Crippen molar-refractivity contribution in [1.82, 2.24) is 4.90 Å². The average molecular weight is 450 g/mol. The van der Waals surface area contributed by atoms with Crippen LogP contribution in [0, 0.1) is 0 Å². The van der Waals surface area contributed by atoms with Gasteiger partial charge in [-0.25, -0.2) is 4.57 Å². The Morgan fingerprint density at radius 3 is 1.27 bits per heavy atom. The molecule has 0 bridgehead atoms. The lowest BCUT2D eigenvalue weighted by atomic mass is 10.1. The third-order valence-corrected chi connectivity index (χ3v) is 6.30. The molecule has 0 radical (unpaired) electrons. The summed E-state index contributed by atoms with van der Waals surface area (Å²) in [4.78, 5) is 20.1. The molecular weight excluding hydrogens is 397 g/mol. The van der Waals surface area contributed by atoms with Crippen LogP contribution in [-0.4, -0.2) is 40.9 Å². The number of rotatable bonds is 24. The lowest BCUT2D eigenvalue weighted by Gasteiger charge is -2.22. The molecule has 0 saturated carbocycles. The Bertz CT molecular complexity index is 369. The Balaban J connectivity index is 3.90. The Morgan fingerprint density at radius 1 is 0.567 bits per heavy atom. The number of unbranched alkanes of at least 4 members (excludes halogenated alkanes) is 15. The van der Waals surface area contributed by atoms with Crippen LogP contribution >= 0.6 is 7.82 Å². The Labute approximate surface area is 187 Å². The standard InChI is InChI=1S/C24H52NO4P/c1-3-5-7-9-11-13-15-17-21-25(23-19-20-24-29-30(26,27)28)22-18-16-14-12-10-8-6-4-2/h3-24H2,1-2H3,(H2,26,27,28). The van der Waals surface area contributed by atoms with E-state index in [1.807, 2.05) is 0 Å². The number of phosphoric acid groups is 1. The van der Waals surface area contributed by atoms with Crippen LogP contribution in [-0.2, 0) is 9.09 Å². The fourth-order valence-corrected chi connectivity index (χ4v) is 4.26. The van der Waals surface area contributed by atoms with Gasteiger partial charge in [0.1, 0.15) is 0 Å². The van der Waals surface area contributed by atoms with Gasteiger partial charge in [0.05, 0.1) is 6.61 Å². The van der Waals surface area contributed by atoms with E-state index < -0.39 is 7.82 Å². The van der Waals surface area contributed by atoms with Crippen molar-refractivity contribution >= 4 is 7.82 Å². The third kappa shape index (κ3) is 24.3. The maximum atomic E-state index is 10.8. The highest BCUT2D eigenvalue weighted by molar-refractivity contribution is 7.46. The maximum Gasteiger partial charge on any atom is 0.469 e. The molecule has 6 heteroatoms. The van der Waals surface area contributed by atoms with Crippen LogP contribution in [0.25, 0.3) is 0 Å². The Kier molecular flexibility index (Phi) is 22.3. The second-order valence-electron chi connectivity index (χ2n) is 8.82. The van der Waals surface area contributed by atoms with Gasteiger partial charge in [0.25, 0.3) is 0 Å². The van der Waals surface area contributed by atoms with Gasteiger partial charge in [0.15, 0.2) is 0 Å². The minimum Gasteiger partial charge on any atom is -0.303 e. The SMILES string of the molecule is CCCCCCCCCCN(CCCCCCCCCC)CCCCOP(=O)(O)O. The highest BCUT2D eigenvalue weighted by atomic mass is 31.2. The normalized spacial score (nSPS) is 12.2. The van der Waals surface area contributed by atoms with Gasteiger partial charge in [-0.05, 0) is 45.3 Å². The molecule has 0 amide bonds. The maximum absolute atomic E-state index is 10.8. The highest BCUT2D eigenvalue weighted by Crippen LogP contribution is 2.35. The summed E-state index contributed by atoms with van der Waals surface area (Å²) in [6.45, 7) is 8.00.